The van der Waals surface area contributed by atoms with Crippen LogP contribution in [-0.4, -0.2) is 15.0 Å². The second-order valence-corrected chi connectivity index (χ2v) is 27.0. The van der Waals surface area contributed by atoms with Crippen LogP contribution in [0.5, 0.6) is 0 Å². The summed E-state index contributed by atoms with van der Waals surface area (Å²) in [4.78, 5) is 11.3. The minimum Gasteiger partial charge on any atom is -0.464 e. The third kappa shape index (κ3) is 35.7. The summed E-state index contributed by atoms with van der Waals surface area (Å²) in [7, 11) is 0. The highest BCUT2D eigenvalue weighted by Gasteiger charge is 2.08. The number of aryl methyl sites for hydroxylation is 5. The normalized spacial score (nSPS) is 10.6. The molecule has 4 aliphatic carbocycles. The van der Waals surface area contributed by atoms with Gasteiger partial charge in [-0.05, 0) is 212 Å². The van der Waals surface area contributed by atoms with E-state index < -0.39 is 0 Å². The summed E-state index contributed by atoms with van der Waals surface area (Å²) < 4.78 is 6.49. The summed E-state index contributed by atoms with van der Waals surface area (Å²) in [6.07, 6.45) is 30.8. The molecular formula is C111H135N3OS2. The van der Waals surface area contributed by atoms with Gasteiger partial charge in [0.15, 0.2) is 0 Å². The van der Waals surface area contributed by atoms with Crippen LogP contribution >= 0.6 is 22.7 Å². The number of pyridine rings is 2. The fourth-order valence-corrected chi connectivity index (χ4v) is 13.6. The Hall–Kier alpha value is -12.1. The standard InChI is InChI=1S/C10H12.C10H10.C10H8.2C9H7N.C9H10.C9H8.C8H7N.C8H6O.C8H6S.C6H6.C4H4S.11CH4/c3*1-2-6-10-8-4-3-7-9(10)5-1;1-2-6-9-8(4-1)5-3-7-10-9;1-2-4-9-7-10-6-5-8(9)3-1;2*1-2-5-9-7-3-6-8(9)4-1;3*1-2-4-8-7(3-1)5-6-9-8;1-2-4-6-5-3-1;1-2-4-5-3-1;;;;;;;;;;;/h1-2,5-6H,3-4,7-8H2;1-3,5-7H,4,8H2;1-8H;2*1-7H;1-2,4-5H,3,6-7H2;1-6H,7H2;1-6,9H;2*1-6H;1-6H;1-4H;11*1H4. The Labute approximate surface area is 715 Å². The average Bonchev–Trinajstić information content (AvgIpc) is 1.42. The number of allylic oxidation sites excluding steroid dienone is 2. The Morgan fingerprint density at radius 2 is 0.726 bits per heavy atom. The van der Waals surface area contributed by atoms with Crippen LogP contribution < -0.4 is 0 Å². The molecule has 4 aliphatic rings. The highest BCUT2D eigenvalue weighted by molar-refractivity contribution is 7.17. The molecule has 0 saturated carbocycles. The largest absolute Gasteiger partial charge is 0.464 e. The second kappa shape index (κ2) is 61.4. The van der Waals surface area contributed by atoms with Crippen molar-refractivity contribution in [2.24, 2.45) is 0 Å². The van der Waals surface area contributed by atoms with E-state index in [2.05, 4.69) is 263 Å². The van der Waals surface area contributed by atoms with Gasteiger partial charge in [-0.25, -0.2) is 0 Å². The van der Waals surface area contributed by atoms with Crippen molar-refractivity contribution < 1.29 is 4.42 Å². The molecule has 117 heavy (non-hydrogen) atoms. The van der Waals surface area contributed by atoms with Gasteiger partial charge < -0.3 is 9.40 Å². The fourth-order valence-electron chi connectivity index (χ4n) is 12.4. The predicted molar refractivity (Wildman–Crippen MR) is 533 cm³/mol. The summed E-state index contributed by atoms with van der Waals surface area (Å²) in [6.45, 7) is 0. The highest BCUT2D eigenvalue weighted by Crippen LogP contribution is 2.24. The number of rotatable bonds is 0. The molecule has 0 saturated heterocycles. The Bertz CT molecular complexity index is 4780. The number of hydrogen-bond acceptors (Lipinski definition) is 5. The van der Waals surface area contributed by atoms with Crippen LogP contribution in [0, 0.1) is 0 Å². The molecule has 22 rings (SSSR count). The van der Waals surface area contributed by atoms with Crippen molar-refractivity contribution in [1.82, 2.24) is 15.0 Å². The van der Waals surface area contributed by atoms with Crippen LogP contribution in [-0.2, 0) is 38.5 Å². The predicted octanol–water partition coefficient (Wildman–Crippen LogP) is 34.9. The van der Waals surface area contributed by atoms with Crippen molar-refractivity contribution in [1.29, 1.82) is 0 Å². The van der Waals surface area contributed by atoms with Crippen molar-refractivity contribution in [3.8, 4) is 0 Å². The number of furan rings is 1. The second-order valence-electron chi connectivity index (χ2n) is 25.2. The van der Waals surface area contributed by atoms with Gasteiger partial charge in [0.1, 0.15) is 5.58 Å². The number of para-hydroxylation sites is 3. The number of fused-ring (bicyclic) bond motifs is 10. The fraction of sp³-hybridized carbons (Fsp3) is 0.189. The van der Waals surface area contributed by atoms with Crippen molar-refractivity contribution in [2.45, 2.75) is 146 Å². The molecule has 18 aromatic rings. The topological polar surface area (TPSA) is 54.7 Å². The lowest BCUT2D eigenvalue weighted by Gasteiger charge is -2.13. The molecular weight excluding hydrogens is 1460 g/mol. The van der Waals surface area contributed by atoms with Gasteiger partial charge in [0.25, 0.3) is 0 Å². The molecule has 6 heterocycles. The Balaban J connectivity index is 0.00000125. The van der Waals surface area contributed by atoms with Gasteiger partial charge >= 0.3 is 0 Å². The molecule has 1 N–H and O–H groups in total. The van der Waals surface area contributed by atoms with E-state index in [0.29, 0.717) is 0 Å². The Morgan fingerprint density at radius 3 is 1.24 bits per heavy atom. The number of thiophene rings is 2. The zero-order valence-electron chi connectivity index (χ0n) is 60.1. The van der Waals surface area contributed by atoms with Gasteiger partial charge in [0, 0.05) is 45.8 Å². The lowest BCUT2D eigenvalue weighted by molar-refractivity contribution is 0.616. The summed E-state index contributed by atoms with van der Waals surface area (Å²) in [6, 6.07) is 120. The maximum absolute atomic E-state index is 5.12. The van der Waals surface area contributed by atoms with Gasteiger partial charge in [-0.1, -0.05) is 403 Å². The molecule has 12 aromatic carbocycles. The zero-order chi connectivity index (χ0) is 72.4. The molecule has 0 unspecified atom stereocenters. The van der Waals surface area contributed by atoms with Crippen LogP contribution in [0.2, 0.25) is 0 Å². The van der Waals surface area contributed by atoms with E-state index in [1.54, 1.807) is 51.2 Å². The zero-order valence-corrected chi connectivity index (χ0v) is 61.7. The smallest absolute Gasteiger partial charge is 0.133 e. The third-order valence-corrected chi connectivity index (χ3v) is 19.4. The van der Waals surface area contributed by atoms with Crippen LogP contribution in [0.3, 0.4) is 0 Å². The molecule has 0 fully saturated rings. The van der Waals surface area contributed by atoms with Crippen LogP contribution in [0.15, 0.2) is 416 Å². The van der Waals surface area contributed by atoms with Crippen molar-refractivity contribution >= 4 is 99.2 Å². The molecule has 0 amide bonds. The number of aromatic nitrogens is 3. The molecule has 0 atom stereocenters. The highest BCUT2D eigenvalue weighted by atomic mass is 32.1. The number of benzene rings is 12. The molecule has 0 radical (unpaired) electrons. The summed E-state index contributed by atoms with van der Waals surface area (Å²) >= 11 is 3.50. The summed E-state index contributed by atoms with van der Waals surface area (Å²) in [5.41, 5.74) is 15.2. The first-order valence-electron chi connectivity index (χ1n) is 36.7. The van der Waals surface area contributed by atoms with E-state index in [1.807, 2.05) is 169 Å². The molecule has 6 heteroatoms. The Morgan fingerprint density at radius 1 is 0.291 bits per heavy atom. The van der Waals surface area contributed by atoms with Gasteiger partial charge in [0.05, 0.1) is 11.8 Å². The average molecular weight is 1590 g/mol. The molecule has 0 aliphatic heterocycles. The first kappa shape index (κ1) is 105. The van der Waals surface area contributed by atoms with Crippen LogP contribution in [0.25, 0.3) is 76.6 Å². The maximum atomic E-state index is 5.12. The van der Waals surface area contributed by atoms with E-state index in [-0.39, 0.29) is 81.7 Å². The summed E-state index contributed by atoms with van der Waals surface area (Å²) in [5, 5.41) is 16.3. The number of hydrogen-bond donors (Lipinski definition) is 1. The molecule has 612 valence electrons. The van der Waals surface area contributed by atoms with Gasteiger partial charge in [0.2, 0.25) is 0 Å². The molecule has 6 aromatic heterocycles. The van der Waals surface area contributed by atoms with Crippen molar-refractivity contribution in [2.75, 3.05) is 0 Å². The number of aromatic amines is 1. The van der Waals surface area contributed by atoms with E-state index in [0.717, 1.165) is 22.9 Å². The maximum Gasteiger partial charge on any atom is 0.133 e. The van der Waals surface area contributed by atoms with Crippen LogP contribution in [0.4, 0.5) is 0 Å². The lowest BCUT2D eigenvalue weighted by Crippen LogP contribution is -2.00. The minimum absolute atomic E-state index is 0. The van der Waals surface area contributed by atoms with Crippen molar-refractivity contribution in [3.05, 3.63) is 456 Å². The number of nitrogens with zero attached hydrogens (tertiary/aromatic N) is 2. The van der Waals surface area contributed by atoms with E-state index >= 15 is 0 Å². The first-order chi connectivity index (χ1) is 52.7. The minimum atomic E-state index is 0. The van der Waals surface area contributed by atoms with Crippen LogP contribution in [0.1, 0.15) is 152 Å². The first-order valence-corrected chi connectivity index (χ1v) is 38.5. The SMILES string of the molecule is C.C.C.C.C.C.C.C.C.C.C.C1=Cc2ccccc2C1.C1=Cc2ccccc2CC1.c1ccc2[nH]ccc2c1.c1ccc2c(c1)CCC2.c1ccc2c(c1)CCCC2.c1ccc2ccccc2c1.c1ccc2cnccc2c1.c1ccc2ncccc2c1.c1ccc2occc2c1.c1ccc2sccc2c1.c1ccccc1.c1ccsc1. The quantitative estimate of drug-likeness (QED) is 0.165. The summed E-state index contributed by atoms with van der Waals surface area (Å²) in [5.74, 6) is 0. The molecule has 4 nitrogen and oxygen atoms in total. The van der Waals surface area contributed by atoms with Gasteiger partial charge in [-0.15, -0.1) is 11.3 Å². The van der Waals surface area contributed by atoms with E-state index in [4.69, 9.17) is 4.42 Å². The lowest BCUT2D eigenvalue weighted by atomic mass is 9.92. The monoisotopic (exact) mass is 1590 g/mol. The third-order valence-electron chi connectivity index (χ3n) is 17.9. The van der Waals surface area contributed by atoms with Gasteiger partial charge in [-0.3, -0.25) is 9.97 Å². The number of H-pyrrole nitrogens is 1. The molecule has 0 spiro atoms. The van der Waals surface area contributed by atoms with E-state index in [1.165, 1.54) is 128 Å². The van der Waals surface area contributed by atoms with E-state index in [9.17, 15) is 0 Å². The molecule has 0 bridgehead atoms. The number of nitrogens with one attached hydrogen (secondary N) is 1. The Kier molecular flexibility index (Phi) is 55.1. The van der Waals surface area contributed by atoms with Crippen molar-refractivity contribution in [3.63, 3.8) is 0 Å². The van der Waals surface area contributed by atoms with Gasteiger partial charge in [-0.2, -0.15) is 11.3 Å².